The van der Waals surface area contributed by atoms with Gasteiger partial charge < -0.3 is 9.80 Å². The smallest absolute Gasteiger partial charge is 0.0533 e. The van der Waals surface area contributed by atoms with Gasteiger partial charge in [0.05, 0.1) is 5.69 Å². The minimum atomic E-state index is 0.903. The number of anilines is 5. The molecule has 2 aliphatic heterocycles. The van der Waals surface area contributed by atoms with Crippen LogP contribution in [0.3, 0.4) is 0 Å². The van der Waals surface area contributed by atoms with Crippen molar-refractivity contribution >= 4 is 34.0 Å². The molecule has 12 rings (SSSR count). The highest BCUT2D eigenvalue weighted by atomic mass is 15.2. The molecule has 0 N–H and O–H groups in total. The summed E-state index contributed by atoms with van der Waals surface area (Å²) in [5.41, 5.74) is 25.7. The molecule has 0 fully saturated rings. The number of allylic oxidation sites excluding steroid dienone is 4. The second-order valence-corrected chi connectivity index (χ2v) is 17.3. The fourth-order valence-corrected chi connectivity index (χ4v) is 10.2. The largest absolute Gasteiger partial charge is 0.314 e. The van der Waals surface area contributed by atoms with Crippen molar-refractivity contribution in [2.75, 3.05) is 9.80 Å². The van der Waals surface area contributed by atoms with Crippen LogP contribution in [0, 0.1) is 0 Å². The Morgan fingerprint density at radius 1 is 0.312 bits per heavy atom. The number of nitrogens with zero attached hydrogens (tertiary/aromatic N) is 2. The zero-order valence-corrected chi connectivity index (χ0v) is 35.7. The van der Waals surface area contributed by atoms with Gasteiger partial charge in [-0.1, -0.05) is 164 Å². The van der Waals surface area contributed by atoms with Gasteiger partial charge in [0.15, 0.2) is 0 Å². The van der Waals surface area contributed by atoms with Gasteiger partial charge in [0.1, 0.15) is 0 Å². The fourth-order valence-electron chi connectivity index (χ4n) is 10.2. The SMILES string of the molecule is C1=C(c2cc3c4c(c2)Cc2cc(-c5ccccc5)ccc2N4c2ccc(-c4ccccc4)cc2C3)CCC(N(c2ccc(-c3ccccc3)cc2)c2ccc(-c3ccccc3)cc2)=C1. The lowest BCUT2D eigenvalue weighted by Crippen LogP contribution is -2.25. The van der Waals surface area contributed by atoms with Gasteiger partial charge in [0.25, 0.3) is 0 Å². The summed E-state index contributed by atoms with van der Waals surface area (Å²) in [6.07, 6.45) is 8.45. The summed E-state index contributed by atoms with van der Waals surface area (Å²) in [5.74, 6) is 0. The highest BCUT2D eigenvalue weighted by Crippen LogP contribution is 2.52. The van der Waals surface area contributed by atoms with Gasteiger partial charge in [-0.25, -0.2) is 0 Å². The molecule has 2 heterocycles. The average Bonchev–Trinajstić information content (AvgIpc) is 3.37. The van der Waals surface area contributed by atoms with E-state index in [2.05, 4.69) is 240 Å². The van der Waals surface area contributed by atoms with E-state index in [1.807, 2.05) is 0 Å². The van der Waals surface area contributed by atoms with Crippen LogP contribution in [0.4, 0.5) is 28.4 Å². The first-order valence-corrected chi connectivity index (χ1v) is 22.5. The van der Waals surface area contributed by atoms with E-state index in [-0.39, 0.29) is 0 Å². The Balaban J connectivity index is 0.936. The molecule has 0 unspecified atom stereocenters. The number of hydrogen-bond acceptors (Lipinski definition) is 2. The average molecular weight is 819 g/mol. The maximum Gasteiger partial charge on any atom is 0.0533 e. The summed E-state index contributed by atoms with van der Waals surface area (Å²) in [7, 11) is 0. The molecule has 3 aliphatic rings. The minimum absolute atomic E-state index is 0.903. The lowest BCUT2D eigenvalue weighted by Gasteiger charge is -2.40. The Kier molecular flexibility index (Phi) is 9.49. The van der Waals surface area contributed by atoms with E-state index in [4.69, 9.17) is 0 Å². The zero-order chi connectivity index (χ0) is 42.4. The van der Waals surface area contributed by atoms with Crippen LogP contribution in [0.1, 0.15) is 40.7 Å². The van der Waals surface area contributed by atoms with Crippen molar-refractivity contribution in [2.45, 2.75) is 25.7 Å². The molecule has 2 heteroatoms. The van der Waals surface area contributed by atoms with Gasteiger partial charge in [-0.15, -0.1) is 0 Å². The first-order chi connectivity index (χ1) is 31.7. The predicted molar refractivity (Wildman–Crippen MR) is 269 cm³/mol. The van der Waals surface area contributed by atoms with Crippen LogP contribution in [-0.2, 0) is 12.8 Å². The van der Waals surface area contributed by atoms with Crippen molar-refractivity contribution in [1.29, 1.82) is 0 Å². The Labute approximate surface area is 376 Å². The van der Waals surface area contributed by atoms with Crippen LogP contribution in [0.2, 0.25) is 0 Å². The Bertz CT molecular complexity index is 3020. The predicted octanol–water partition coefficient (Wildman–Crippen LogP) is 16.5. The first kappa shape index (κ1) is 37.8. The number of benzene rings is 9. The van der Waals surface area contributed by atoms with Crippen LogP contribution < -0.4 is 9.80 Å². The molecule has 0 radical (unpaired) electrons. The third-order valence-corrected chi connectivity index (χ3v) is 13.4. The van der Waals surface area contributed by atoms with E-state index in [0.29, 0.717) is 0 Å². The van der Waals surface area contributed by atoms with Crippen molar-refractivity contribution in [3.8, 4) is 44.5 Å². The second-order valence-electron chi connectivity index (χ2n) is 17.3. The molecule has 2 nitrogen and oxygen atoms in total. The number of fused-ring (bicyclic) bond motifs is 4. The lowest BCUT2D eigenvalue weighted by molar-refractivity contribution is 0.928. The van der Waals surface area contributed by atoms with Crippen molar-refractivity contribution in [1.82, 2.24) is 0 Å². The summed E-state index contributed by atoms with van der Waals surface area (Å²) < 4.78 is 0. The van der Waals surface area contributed by atoms with Crippen LogP contribution in [0.25, 0.3) is 50.1 Å². The second kappa shape index (κ2) is 16.1. The molecule has 1 aliphatic carbocycles. The van der Waals surface area contributed by atoms with E-state index in [9.17, 15) is 0 Å². The Morgan fingerprint density at radius 2 is 0.688 bits per heavy atom. The molecule has 0 saturated heterocycles. The van der Waals surface area contributed by atoms with Gasteiger partial charge in [-0.2, -0.15) is 0 Å². The van der Waals surface area contributed by atoms with E-state index >= 15 is 0 Å². The highest BCUT2D eigenvalue weighted by Gasteiger charge is 2.33. The molecule has 0 aromatic heterocycles. The summed E-state index contributed by atoms with van der Waals surface area (Å²) in [5, 5.41) is 0. The molecule has 0 amide bonds. The zero-order valence-electron chi connectivity index (χ0n) is 35.7. The first-order valence-electron chi connectivity index (χ1n) is 22.5. The number of hydrogen-bond donors (Lipinski definition) is 0. The number of rotatable bonds is 8. The molecule has 0 saturated carbocycles. The molecular formula is C62H46N2. The summed E-state index contributed by atoms with van der Waals surface area (Å²) in [4.78, 5) is 5.01. The maximum atomic E-state index is 2.56. The van der Waals surface area contributed by atoms with Crippen LogP contribution in [-0.4, -0.2) is 0 Å². The van der Waals surface area contributed by atoms with E-state index in [1.165, 1.54) is 101 Å². The maximum absolute atomic E-state index is 2.56. The van der Waals surface area contributed by atoms with Crippen molar-refractivity contribution in [3.63, 3.8) is 0 Å². The molecule has 9 aromatic rings. The highest BCUT2D eigenvalue weighted by molar-refractivity contribution is 5.92. The molecule has 0 spiro atoms. The normalized spacial score (nSPS) is 13.5. The standard InChI is InChI=1S/C62H46N2/c1-5-13-43(14-6-1)47-21-29-57(30-22-47)63(58-31-23-48(24-32-58)44-15-7-2-8-16-44)59-33-25-49(26-34-59)52-39-55-41-53-37-50(45-17-9-3-10-18-45)27-35-60(53)64-61-36-28-51(46-19-11-4-12-20-46)38-54(61)42-56(40-52)62(55)64/h1-25,27-33,35-40H,26,34,41-42H2. The molecule has 0 bridgehead atoms. The summed E-state index contributed by atoms with van der Waals surface area (Å²) >= 11 is 0. The van der Waals surface area contributed by atoms with E-state index in [0.717, 1.165) is 37.1 Å². The third kappa shape index (κ3) is 6.94. The fraction of sp³-hybridized carbons (Fsp3) is 0.0645. The topological polar surface area (TPSA) is 6.48 Å². The van der Waals surface area contributed by atoms with E-state index < -0.39 is 0 Å². The van der Waals surface area contributed by atoms with Gasteiger partial charge in [-0.3, -0.25) is 0 Å². The molecular weight excluding hydrogens is 773 g/mol. The van der Waals surface area contributed by atoms with Crippen molar-refractivity contribution in [2.24, 2.45) is 0 Å². The molecule has 9 aromatic carbocycles. The minimum Gasteiger partial charge on any atom is -0.314 e. The van der Waals surface area contributed by atoms with Crippen LogP contribution in [0.5, 0.6) is 0 Å². The van der Waals surface area contributed by atoms with Gasteiger partial charge in [-0.05, 0) is 157 Å². The van der Waals surface area contributed by atoms with Crippen LogP contribution >= 0.6 is 0 Å². The monoisotopic (exact) mass is 818 g/mol. The van der Waals surface area contributed by atoms with Crippen molar-refractivity contribution < 1.29 is 0 Å². The molecule has 64 heavy (non-hydrogen) atoms. The molecule has 0 atom stereocenters. The Morgan fingerprint density at radius 3 is 1.09 bits per heavy atom. The van der Waals surface area contributed by atoms with Crippen molar-refractivity contribution in [3.05, 3.63) is 264 Å². The summed E-state index contributed by atoms with van der Waals surface area (Å²) in [6, 6.07) is 80.2. The summed E-state index contributed by atoms with van der Waals surface area (Å²) in [6.45, 7) is 0. The lowest BCUT2D eigenvalue weighted by atomic mass is 9.82. The van der Waals surface area contributed by atoms with E-state index in [1.54, 1.807) is 0 Å². The van der Waals surface area contributed by atoms with Gasteiger partial charge in [0.2, 0.25) is 0 Å². The van der Waals surface area contributed by atoms with Gasteiger partial charge >= 0.3 is 0 Å². The van der Waals surface area contributed by atoms with Gasteiger partial charge in [0, 0.05) is 41.3 Å². The van der Waals surface area contributed by atoms with Crippen LogP contribution in [0.15, 0.2) is 236 Å². The third-order valence-electron chi connectivity index (χ3n) is 13.4. The Hall–Kier alpha value is -7.94. The quantitative estimate of drug-likeness (QED) is 0.151. The molecule has 304 valence electrons.